The van der Waals surface area contributed by atoms with Crippen LogP contribution in [0.4, 0.5) is 18.9 Å². The van der Waals surface area contributed by atoms with Crippen molar-refractivity contribution in [2.75, 3.05) is 18.4 Å². The highest BCUT2D eigenvalue weighted by Crippen LogP contribution is 2.33. The second-order valence-corrected chi connectivity index (χ2v) is 9.72. The van der Waals surface area contributed by atoms with Crippen LogP contribution in [0.5, 0.6) is 0 Å². The van der Waals surface area contributed by atoms with Gasteiger partial charge in [0.1, 0.15) is 5.69 Å². The van der Waals surface area contributed by atoms with Gasteiger partial charge in [-0.1, -0.05) is 36.4 Å². The van der Waals surface area contributed by atoms with E-state index in [4.69, 9.17) is 0 Å². The zero-order valence-electron chi connectivity index (χ0n) is 21.4. The number of fused-ring (bicyclic) bond motifs is 2. The predicted molar refractivity (Wildman–Crippen MR) is 142 cm³/mol. The van der Waals surface area contributed by atoms with Crippen molar-refractivity contribution in [2.45, 2.75) is 25.4 Å². The van der Waals surface area contributed by atoms with Crippen LogP contribution < -0.4 is 5.32 Å². The number of carbonyl (C=O) groups is 2. The molecule has 0 spiro atoms. The number of anilines is 1. The molecule has 0 unspecified atom stereocenters. The molecule has 1 aliphatic rings. The second-order valence-electron chi connectivity index (χ2n) is 9.72. The third-order valence-electron chi connectivity index (χ3n) is 7.03. The summed E-state index contributed by atoms with van der Waals surface area (Å²) < 4.78 is 44.3. The molecule has 0 atom stereocenters. The molecule has 9 nitrogen and oxygen atoms in total. The normalized spacial score (nSPS) is 14.2. The van der Waals surface area contributed by atoms with Crippen LogP contribution in [0.3, 0.4) is 0 Å². The summed E-state index contributed by atoms with van der Waals surface area (Å²) in [6, 6.07) is 14.9. The van der Waals surface area contributed by atoms with Gasteiger partial charge in [0.2, 0.25) is 0 Å². The monoisotopic (exact) mass is 547 g/mol. The molecule has 1 aliphatic heterocycles. The number of rotatable bonds is 4. The molecule has 2 aromatic carbocycles. The number of aromatic nitrogens is 5. The maximum Gasteiger partial charge on any atom is 0.433 e. The smallest absolute Gasteiger partial charge is 0.337 e. The van der Waals surface area contributed by atoms with Gasteiger partial charge in [0.25, 0.3) is 11.8 Å². The summed E-state index contributed by atoms with van der Waals surface area (Å²) in [4.78, 5) is 32.4. The zero-order valence-corrected chi connectivity index (χ0v) is 21.4. The molecular formula is C28H24F3N7O2. The average molecular weight is 548 g/mol. The van der Waals surface area contributed by atoms with E-state index in [1.54, 1.807) is 24.1 Å². The topological polar surface area (TPSA) is 97.4 Å². The van der Waals surface area contributed by atoms with E-state index in [0.29, 0.717) is 23.2 Å². The molecule has 4 heterocycles. The number of hydrogen-bond donors (Lipinski definition) is 1. The largest absolute Gasteiger partial charge is 0.433 e. The molecule has 5 aromatic rings. The van der Waals surface area contributed by atoms with E-state index in [0.717, 1.165) is 36.1 Å². The molecule has 0 saturated carbocycles. The Hall–Kier alpha value is -4.74. The number of nitrogens with one attached hydrogen (secondary N) is 1. The van der Waals surface area contributed by atoms with E-state index in [-0.39, 0.29) is 34.3 Å². The van der Waals surface area contributed by atoms with Crippen LogP contribution in [0.25, 0.3) is 27.7 Å². The van der Waals surface area contributed by atoms with Crippen molar-refractivity contribution < 1.29 is 22.8 Å². The Morgan fingerprint density at radius 1 is 0.950 bits per heavy atom. The summed E-state index contributed by atoms with van der Waals surface area (Å²) in [5.41, 5.74) is -0.559. The highest BCUT2D eigenvalue weighted by atomic mass is 19.4. The van der Waals surface area contributed by atoms with Crippen molar-refractivity contribution in [1.29, 1.82) is 0 Å². The lowest BCUT2D eigenvalue weighted by atomic mass is 10.0. The molecule has 12 heteroatoms. The number of alkyl halides is 3. The van der Waals surface area contributed by atoms with Gasteiger partial charge in [-0.05, 0) is 42.2 Å². The molecule has 3 aromatic heterocycles. The first-order valence-electron chi connectivity index (χ1n) is 12.8. The molecule has 0 aliphatic carbocycles. The van der Waals surface area contributed by atoms with Gasteiger partial charge in [-0.15, -0.1) is 0 Å². The molecule has 6 rings (SSSR count). The maximum atomic E-state index is 14.1. The molecule has 40 heavy (non-hydrogen) atoms. The molecule has 1 fully saturated rings. The van der Waals surface area contributed by atoms with E-state index in [2.05, 4.69) is 20.5 Å². The van der Waals surface area contributed by atoms with Gasteiger partial charge >= 0.3 is 6.18 Å². The quantitative estimate of drug-likeness (QED) is 0.335. The minimum atomic E-state index is -4.76. The predicted octanol–water partition coefficient (Wildman–Crippen LogP) is 5.18. The SMILES string of the molecule is Cn1ncc(NC(=O)c2cc3nc(-c4ccc5ccccc5c4)cc(C(F)(F)F)n3n2)c1C(=O)N1CCCCC1. The van der Waals surface area contributed by atoms with Crippen molar-refractivity contribution in [3.63, 3.8) is 0 Å². The van der Waals surface area contributed by atoms with Crippen molar-refractivity contribution in [1.82, 2.24) is 29.3 Å². The Morgan fingerprint density at radius 2 is 1.70 bits per heavy atom. The summed E-state index contributed by atoms with van der Waals surface area (Å²) in [5, 5.41) is 12.4. The van der Waals surface area contributed by atoms with Crippen molar-refractivity contribution in [2.24, 2.45) is 7.05 Å². The van der Waals surface area contributed by atoms with E-state index >= 15 is 0 Å². The second kappa shape index (κ2) is 9.78. The Bertz CT molecular complexity index is 1770. The van der Waals surface area contributed by atoms with Gasteiger partial charge in [0.15, 0.2) is 17.0 Å². The number of piperidine rings is 1. The highest BCUT2D eigenvalue weighted by Gasteiger charge is 2.36. The van der Waals surface area contributed by atoms with Crippen LogP contribution in [-0.2, 0) is 13.2 Å². The van der Waals surface area contributed by atoms with Crippen LogP contribution in [0.2, 0.25) is 0 Å². The number of hydrogen-bond acceptors (Lipinski definition) is 5. The lowest BCUT2D eigenvalue weighted by molar-refractivity contribution is -0.142. The van der Waals surface area contributed by atoms with E-state index in [1.165, 1.54) is 16.9 Å². The van der Waals surface area contributed by atoms with Crippen LogP contribution in [0, 0.1) is 0 Å². The summed E-state index contributed by atoms with van der Waals surface area (Å²) in [6.45, 7) is 1.21. The number of carbonyl (C=O) groups excluding carboxylic acids is 2. The highest BCUT2D eigenvalue weighted by molar-refractivity contribution is 6.07. The Morgan fingerprint density at radius 3 is 2.45 bits per heavy atom. The molecule has 2 amide bonds. The number of benzene rings is 2. The molecule has 0 bridgehead atoms. The minimum Gasteiger partial charge on any atom is -0.337 e. The number of aryl methyl sites for hydroxylation is 1. The van der Waals surface area contributed by atoms with Gasteiger partial charge in [-0.2, -0.15) is 23.4 Å². The first kappa shape index (κ1) is 25.5. The third-order valence-corrected chi connectivity index (χ3v) is 7.03. The van der Waals surface area contributed by atoms with E-state index in [1.807, 2.05) is 30.3 Å². The Balaban J connectivity index is 1.35. The van der Waals surface area contributed by atoms with E-state index < -0.39 is 17.8 Å². The molecule has 0 radical (unpaired) electrons. The number of amides is 2. The fourth-order valence-electron chi connectivity index (χ4n) is 5.00. The molecule has 204 valence electrons. The van der Waals surface area contributed by atoms with Crippen LogP contribution >= 0.6 is 0 Å². The first-order chi connectivity index (χ1) is 19.2. The van der Waals surface area contributed by atoms with Crippen molar-refractivity contribution >= 4 is 33.9 Å². The van der Waals surface area contributed by atoms with Gasteiger partial charge in [-0.3, -0.25) is 14.3 Å². The van der Waals surface area contributed by atoms with Gasteiger partial charge < -0.3 is 10.2 Å². The lowest BCUT2D eigenvalue weighted by Gasteiger charge is -2.27. The lowest BCUT2D eigenvalue weighted by Crippen LogP contribution is -2.37. The van der Waals surface area contributed by atoms with Gasteiger partial charge in [0, 0.05) is 31.8 Å². The third kappa shape index (κ3) is 4.65. The minimum absolute atomic E-state index is 0.0964. The maximum absolute atomic E-state index is 14.1. The Labute approximate surface area is 226 Å². The number of halogens is 3. The number of likely N-dealkylation sites (tertiary alicyclic amines) is 1. The fraction of sp³-hybridized carbons (Fsp3) is 0.250. The van der Waals surface area contributed by atoms with Crippen LogP contribution in [0.1, 0.15) is 45.9 Å². The summed E-state index contributed by atoms with van der Waals surface area (Å²) in [7, 11) is 1.59. The summed E-state index contributed by atoms with van der Waals surface area (Å²) in [5.74, 6) is -1.06. The molecular weight excluding hydrogens is 523 g/mol. The summed E-state index contributed by atoms with van der Waals surface area (Å²) in [6.07, 6.45) is -0.597. The van der Waals surface area contributed by atoms with Crippen LogP contribution in [0.15, 0.2) is 60.8 Å². The van der Waals surface area contributed by atoms with E-state index in [9.17, 15) is 22.8 Å². The first-order valence-corrected chi connectivity index (χ1v) is 12.8. The Kier molecular flexibility index (Phi) is 6.24. The number of nitrogens with zero attached hydrogens (tertiary/aromatic N) is 6. The van der Waals surface area contributed by atoms with Crippen molar-refractivity contribution in [3.8, 4) is 11.3 Å². The van der Waals surface area contributed by atoms with Gasteiger partial charge in [0.05, 0.1) is 17.6 Å². The standard InChI is InChI=1S/C28H24F3N7O2/c1-36-25(27(40)37-11-5-2-6-12-37)22(16-32-36)34-26(39)21-15-24-33-20(14-23(28(29,30)31)38(24)35-21)19-10-9-17-7-3-4-8-18(17)13-19/h3-4,7-10,13-16H,2,5-6,11-12H2,1H3,(H,34,39). The molecule has 1 saturated heterocycles. The van der Waals surface area contributed by atoms with Gasteiger partial charge in [-0.25, -0.2) is 9.50 Å². The zero-order chi connectivity index (χ0) is 28.0. The molecule has 1 N–H and O–H groups in total. The van der Waals surface area contributed by atoms with Crippen LogP contribution in [-0.4, -0.2) is 54.2 Å². The summed E-state index contributed by atoms with van der Waals surface area (Å²) >= 11 is 0. The fourth-order valence-corrected chi connectivity index (χ4v) is 5.00. The van der Waals surface area contributed by atoms with Crippen molar-refractivity contribution in [3.05, 3.63) is 77.9 Å². The average Bonchev–Trinajstić information content (AvgIpc) is 3.55.